The molecule has 25 heavy (non-hydrogen) atoms. The Hall–Kier alpha value is -2.65. The third kappa shape index (κ3) is 5.44. The number of anilines is 2. The Morgan fingerprint density at radius 1 is 1.24 bits per heavy atom. The fraction of sp³-hybridized carbons (Fsp3) is 0.312. The van der Waals surface area contributed by atoms with E-state index >= 15 is 0 Å². The number of primary amides is 1. The number of hydrogen-bond acceptors (Lipinski definition) is 6. The highest BCUT2D eigenvalue weighted by Gasteiger charge is 2.13. The second kappa shape index (κ2) is 8.45. The number of likely N-dealkylation sites (N-methyl/N-ethyl adjacent to an activating group) is 1. The minimum absolute atomic E-state index is 0.272. The first-order chi connectivity index (χ1) is 11.9. The van der Waals surface area contributed by atoms with Crippen molar-refractivity contribution in [2.24, 2.45) is 5.73 Å². The van der Waals surface area contributed by atoms with Gasteiger partial charge in [0.2, 0.25) is 0 Å². The Kier molecular flexibility index (Phi) is 6.31. The van der Waals surface area contributed by atoms with Crippen molar-refractivity contribution < 1.29 is 9.59 Å². The molecule has 0 unspecified atom stereocenters. The molecule has 0 aliphatic heterocycles. The van der Waals surface area contributed by atoms with Gasteiger partial charge in [0.25, 0.3) is 5.91 Å². The van der Waals surface area contributed by atoms with Crippen molar-refractivity contribution in [2.45, 2.75) is 6.54 Å². The van der Waals surface area contributed by atoms with E-state index in [9.17, 15) is 9.59 Å². The number of nitrogens with one attached hydrogen (secondary N) is 1. The molecule has 3 amide bonds. The highest BCUT2D eigenvalue weighted by atomic mass is 32.1. The number of pyridine rings is 1. The molecule has 9 heteroatoms. The van der Waals surface area contributed by atoms with E-state index < -0.39 is 6.03 Å². The summed E-state index contributed by atoms with van der Waals surface area (Å²) in [6, 6.07) is 2.87. The SMILES string of the molecule is CN(C)CCN(Cc1ccc(C(=O)Nc2cscc2N)nc1)C(N)=O. The minimum Gasteiger partial charge on any atom is -0.396 e. The molecule has 0 spiro atoms. The number of nitrogens with zero attached hydrogens (tertiary/aromatic N) is 3. The smallest absolute Gasteiger partial charge is 0.315 e. The monoisotopic (exact) mass is 362 g/mol. The Balaban J connectivity index is 1.99. The van der Waals surface area contributed by atoms with Crippen LogP contribution in [0.4, 0.5) is 16.2 Å². The molecular weight excluding hydrogens is 340 g/mol. The first kappa shape index (κ1) is 18.7. The molecular formula is C16H22N6O2S. The normalized spacial score (nSPS) is 10.7. The van der Waals surface area contributed by atoms with Crippen LogP contribution in [0.3, 0.4) is 0 Å². The summed E-state index contributed by atoms with van der Waals surface area (Å²) in [6.45, 7) is 1.57. The van der Waals surface area contributed by atoms with Gasteiger partial charge < -0.3 is 26.6 Å². The average molecular weight is 362 g/mol. The lowest BCUT2D eigenvalue weighted by Gasteiger charge is -2.22. The Labute approximate surface area is 150 Å². The van der Waals surface area contributed by atoms with Crippen LogP contribution in [0, 0.1) is 0 Å². The van der Waals surface area contributed by atoms with Crippen molar-refractivity contribution >= 4 is 34.6 Å². The van der Waals surface area contributed by atoms with Crippen LogP contribution in [-0.4, -0.2) is 53.9 Å². The molecule has 2 heterocycles. The van der Waals surface area contributed by atoms with E-state index in [2.05, 4.69) is 10.3 Å². The van der Waals surface area contributed by atoms with E-state index in [1.165, 1.54) is 16.2 Å². The van der Waals surface area contributed by atoms with Crippen LogP contribution in [0.5, 0.6) is 0 Å². The number of aromatic nitrogens is 1. The van der Waals surface area contributed by atoms with Crippen molar-refractivity contribution in [3.63, 3.8) is 0 Å². The van der Waals surface area contributed by atoms with E-state index in [4.69, 9.17) is 11.5 Å². The highest BCUT2D eigenvalue weighted by molar-refractivity contribution is 7.09. The van der Waals surface area contributed by atoms with Crippen molar-refractivity contribution in [3.05, 3.63) is 40.3 Å². The second-order valence-corrected chi connectivity index (χ2v) is 6.55. The lowest BCUT2D eigenvalue weighted by atomic mass is 10.2. The van der Waals surface area contributed by atoms with Crippen molar-refractivity contribution in [2.75, 3.05) is 38.2 Å². The van der Waals surface area contributed by atoms with E-state index in [0.29, 0.717) is 31.0 Å². The number of nitrogens with two attached hydrogens (primary N) is 2. The lowest BCUT2D eigenvalue weighted by Crippen LogP contribution is -2.39. The van der Waals surface area contributed by atoms with Gasteiger partial charge in [-0.1, -0.05) is 6.07 Å². The van der Waals surface area contributed by atoms with Crippen molar-refractivity contribution in [3.8, 4) is 0 Å². The molecule has 0 saturated carbocycles. The molecule has 2 aromatic rings. The van der Waals surface area contributed by atoms with Crippen LogP contribution in [0.2, 0.25) is 0 Å². The predicted octanol–water partition coefficient (Wildman–Crippen LogP) is 1.42. The maximum absolute atomic E-state index is 12.2. The summed E-state index contributed by atoms with van der Waals surface area (Å²) in [6.07, 6.45) is 1.57. The van der Waals surface area contributed by atoms with Gasteiger partial charge in [-0.15, -0.1) is 11.3 Å². The van der Waals surface area contributed by atoms with E-state index in [1.54, 1.807) is 29.1 Å². The summed E-state index contributed by atoms with van der Waals surface area (Å²) in [5.41, 5.74) is 13.3. The third-order valence-electron chi connectivity index (χ3n) is 3.50. The van der Waals surface area contributed by atoms with Gasteiger partial charge >= 0.3 is 6.03 Å². The fourth-order valence-corrected chi connectivity index (χ4v) is 2.73. The van der Waals surface area contributed by atoms with Crippen LogP contribution in [0.1, 0.15) is 16.1 Å². The molecule has 0 aromatic carbocycles. The van der Waals surface area contributed by atoms with Crippen LogP contribution >= 0.6 is 11.3 Å². The lowest BCUT2D eigenvalue weighted by molar-refractivity contribution is 0.102. The maximum Gasteiger partial charge on any atom is 0.315 e. The van der Waals surface area contributed by atoms with Gasteiger partial charge in [-0.25, -0.2) is 4.79 Å². The van der Waals surface area contributed by atoms with Gasteiger partial charge in [0.15, 0.2) is 0 Å². The molecule has 2 aromatic heterocycles. The van der Waals surface area contributed by atoms with Gasteiger partial charge in [-0.05, 0) is 25.7 Å². The summed E-state index contributed by atoms with van der Waals surface area (Å²) >= 11 is 1.41. The molecule has 0 aliphatic carbocycles. The summed E-state index contributed by atoms with van der Waals surface area (Å²) in [5, 5.41) is 6.22. The number of rotatable bonds is 7. The van der Waals surface area contributed by atoms with E-state index in [-0.39, 0.29) is 11.6 Å². The molecule has 0 bridgehead atoms. The zero-order valence-corrected chi connectivity index (χ0v) is 15.0. The molecule has 0 aliphatic rings. The zero-order valence-electron chi connectivity index (χ0n) is 14.2. The number of carbonyl (C=O) groups is 2. The van der Waals surface area contributed by atoms with Gasteiger partial charge in [0.1, 0.15) is 5.69 Å². The number of urea groups is 1. The average Bonchev–Trinajstić information content (AvgIpc) is 2.96. The van der Waals surface area contributed by atoms with Gasteiger partial charge in [-0.3, -0.25) is 9.78 Å². The summed E-state index contributed by atoms with van der Waals surface area (Å²) < 4.78 is 0. The van der Waals surface area contributed by atoms with Gasteiger partial charge in [-0.2, -0.15) is 0 Å². The van der Waals surface area contributed by atoms with Gasteiger partial charge in [0.05, 0.1) is 11.4 Å². The van der Waals surface area contributed by atoms with Crippen LogP contribution in [0.15, 0.2) is 29.1 Å². The number of amides is 3. The predicted molar refractivity (Wildman–Crippen MR) is 99.5 cm³/mol. The van der Waals surface area contributed by atoms with Crippen LogP contribution in [-0.2, 0) is 6.54 Å². The number of thiophene rings is 1. The molecule has 0 saturated heterocycles. The minimum atomic E-state index is -0.489. The Morgan fingerprint density at radius 3 is 2.52 bits per heavy atom. The van der Waals surface area contributed by atoms with Crippen LogP contribution in [0.25, 0.3) is 0 Å². The third-order valence-corrected chi connectivity index (χ3v) is 4.26. The topological polar surface area (TPSA) is 118 Å². The Morgan fingerprint density at radius 2 is 2.00 bits per heavy atom. The molecule has 0 atom stereocenters. The summed E-state index contributed by atoms with van der Waals surface area (Å²) in [4.78, 5) is 31.4. The van der Waals surface area contributed by atoms with Crippen molar-refractivity contribution in [1.29, 1.82) is 0 Å². The van der Waals surface area contributed by atoms with Crippen LogP contribution < -0.4 is 16.8 Å². The molecule has 8 nitrogen and oxygen atoms in total. The second-order valence-electron chi connectivity index (χ2n) is 5.81. The highest BCUT2D eigenvalue weighted by Crippen LogP contribution is 2.23. The number of carbonyl (C=O) groups excluding carboxylic acids is 2. The first-order valence-electron chi connectivity index (χ1n) is 7.64. The van der Waals surface area contributed by atoms with Crippen molar-refractivity contribution in [1.82, 2.24) is 14.8 Å². The molecule has 0 radical (unpaired) electrons. The van der Waals surface area contributed by atoms with Gasteiger partial charge in [0, 0.05) is 36.6 Å². The number of hydrogen-bond donors (Lipinski definition) is 3. The summed E-state index contributed by atoms with van der Waals surface area (Å²) in [7, 11) is 3.85. The van der Waals surface area contributed by atoms with E-state index in [0.717, 1.165) is 5.56 Å². The molecule has 2 rings (SSSR count). The standard InChI is InChI=1S/C16H22N6O2S/c1-21(2)5-6-22(16(18)24)8-11-3-4-13(19-7-11)15(23)20-14-10-25-9-12(14)17/h3-4,7,9-10H,5-6,8,17H2,1-2H3,(H2,18,24)(H,20,23). The quantitative estimate of drug-likeness (QED) is 0.688. The first-order valence-corrected chi connectivity index (χ1v) is 8.58. The largest absolute Gasteiger partial charge is 0.396 e. The Bertz CT molecular complexity index is 728. The zero-order chi connectivity index (χ0) is 18.4. The molecule has 0 fully saturated rings. The van der Waals surface area contributed by atoms with E-state index in [1.807, 2.05) is 19.0 Å². The fourth-order valence-electron chi connectivity index (χ4n) is 2.06. The number of nitrogen functional groups attached to an aromatic ring is 1. The maximum atomic E-state index is 12.2. The summed E-state index contributed by atoms with van der Waals surface area (Å²) in [5.74, 6) is -0.337. The molecule has 5 N–H and O–H groups in total. The molecule has 134 valence electrons.